The maximum Gasteiger partial charge on any atom is 0.379 e. The molecule has 0 aliphatic carbocycles. The molecule has 37 heavy (non-hydrogen) atoms. The SMILES string of the molecule is CCCOc1ccc(C2C(C#N)=C(N)Oc3cc(OC(=O)c4oc5ccc(Br)cc5c4C)ccc32)cc1. The Balaban J connectivity index is 1.44. The predicted octanol–water partition coefficient (Wildman–Crippen LogP) is 6.73. The molecule has 1 aliphatic heterocycles. The topological polar surface area (TPSA) is 108 Å². The minimum atomic E-state index is -0.624. The molecule has 0 saturated carbocycles. The van der Waals surface area contributed by atoms with Crippen LogP contribution in [0.5, 0.6) is 17.2 Å². The van der Waals surface area contributed by atoms with Gasteiger partial charge in [-0.25, -0.2) is 4.79 Å². The number of allylic oxidation sites excluding steroid dienone is 1. The number of fused-ring (bicyclic) bond motifs is 2. The van der Waals surface area contributed by atoms with Gasteiger partial charge in [0.1, 0.15) is 34.5 Å². The van der Waals surface area contributed by atoms with Crippen LogP contribution in [0.25, 0.3) is 11.0 Å². The second-order valence-corrected chi connectivity index (χ2v) is 9.54. The van der Waals surface area contributed by atoms with Crippen molar-refractivity contribution in [1.82, 2.24) is 0 Å². The summed E-state index contributed by atoms with van der Waals surface area (Å²) < 4.78 is 23.7. The average Bonchev–Trinajstić information content (AvgIpc) is 3.22. The summed E-state index contributed by atoms with van der Waals surface area (Å²) in [6.07, 6.45) is 0.910. The number of rotatable bonds is 6. The molecule has 1 unspecified atom stereocenters. The molecule has 0 radical (unpaired) electrons. The zero-order valence-corrected chi connectivity index (χ0v) is 21.8. The van der Waals surface area contributed by atoms with Gasteiger partial charge in [0.05, 0.1) is 12.5 Å². The highest BCUT2D eigenvalue weighted by Gasteiger charge is 2.31. The fourth-order valence-corrected chi connectivity index (χ4v) is 4.72. The van der Waals surface area contributed by atoms with Gasteiger partial charge in [0, 0.05) is 27.1 Å². The molecular formula is C29H23BrN2O5. The number of carbonyl (C=O) groups excluding carboxylic acids is 1. The Hall–Kier alpha value is -4.22. The van der Waals surface area contributed by atoms with Crippen LogP contribution in [0.15, 0.2) is 81.0 Å². The lowest BCUT2D eigenvalue weighted by Crippen LogP contribution is -2.21. The van der Waals surface area contributed by atoms with Crippen LogP contribution in [0.3, 0.4) is 0 Å². The highest BCUT2D eigenvalue weighted by molar-refractivity contribution is 9.10. The molecule has 0 saturated heterocycles. The number of nitrogens with zero attached hydrogens (tertiary/aromatic N) is 1. The van der Waals surface area contributed by atoms with Crippen LogP contribution in [0, 0.1) is 18.3 Å². The molecule has 0 spiro atoms. The largest absolute Gasteiger partial charge is 0.494 e. The molecule has 1 atom stereocenters. The van der Waals surface area contributed by atoms with Gasteiger partial charge >= 0.3 is 5.97 Å². The molecular weight excluding hydrogens is 536 g/mol. The first-order chi connectivity index (χ1) is 17.9. The molecule has 1 aliphatic rings. The van der Waals surface area contributed by atoms with Gasteiger partial charge in [-0.1, -0.05) is 41.1 Å². The summed E-state index contributed by atoms with van der Waals surface area (Å²) in [5.74, 6) is 0.498. The number of nitrogens with two attached hydrogens (primary N) is 1. The molecule has 186 valence electrons. The van der Waals surface area contributed by atoms with E-state index >= 15 is 0 Å². The Labute approximate surface area is 222 Å². The van der Waals surface area contributed by atoms with E-state index < -0.39 is 11.9 Å². The molecule has 2 heterocycles. The molecule has 1 aromatic heterocycles. The number of esters is 1. The van der Waals surface area contributed by atoms with E-state index in [1.54, 1.807) is 24.3 Å². The molecule has 5 rings (SSSR count). The highest BCUT2D eigenvalue weighted by atomic mass is 79.9. The van der Waals surface area contributed by atoms with Gasteiger partial charge in [-0.2, -0.15) is 5.26 Å². The van der Waals surface area contributed by atoms with Crippen LogP contribution < -0.4 is 19.9 Å². The Bertz CT molecular complexity index is 1580. The van der Waals surface area contributed by atoms with Gasteiger partial charge < -0.3 is 24.4 Å². The molecule has 7 nitrogen and oxygen atoms in total. The zero-order valence-electron chi connectivity index (χ0n) is 20.2. The number of benzene rings is 3. The van der Waals surface area contributed by atoms with E-state index in [2.05, 4.69) is 22.0 Å². The Morgan fingerprint density at radius 1 is 1.11 bits per heavy atom. The van der Waals surface area contributed by atoms with Crippen LogP contribution >= 0.6 is 15.9 Å². The van der Waals surface area contributed by atoms with Crippen molar-refractivity contribution in [2.24, 2.45) is 5.73 Å². The summed E-state index contributed by atoms with van der Waals surface area (Å²) in [7, 11) is 0. The van der Waals surface area contributed by atoms with Gasteiger partial charge in [-0.05, 0) is 55.3 Å². The maximum atomic E-state index is 13.0. The molecule has 0 amide bonds. The van der Waals surface area contributed by atoms with Crippen LogP contribution in [-0.2, 0) is 0 Å². The summed E-state index contributed by atoms with van der Waals surface area (Å²) in [4.78, 5) is 13.0. The van der Waals surface area contributed by atoms with Crippen molar-refractivity contribution in [3.05, 3.63) is 99.0 Å². The normalized spacial score (nSPS) is 14.6. The third-order valence-electron chi connectivity index (χ3n) is 6.17. The number of hydrogen-bond donors (Lipinski definition) is 1. The number of hydrogen-bond acceptors (Lipinski definition) is 7. The summed E-state index contributed by atoms with van der Waals surface area (Å²) in [6.45, 7) is 4.48. The van der Waals surface area contributed by atoms with E-state index in [4.69, 9.17) is 24.4 Å². The van der Waals surface area contributed by atoms with Crippen molar-refractivity contribution in [3.8, 4) is 23.3 Å². The number of furan rings is 1. The van der Waals surface area contributed by atoms with Crippen LogP contribution in [0.1, 0.15) is 46.5 Å². The number of halogens is 1. The number of aryl methyl sites for hydroxylation is 1. The third-order valence-corrected chi connectivity index (χ3v) is 6.66. The van der Waals surface area contributed by atoms with E-state index in [0.29, 0.717) is 29.1 Å². The summed E-state index contributed by atoms with van der Waals surface area (Å²) >= 11 is 3.44. The van der Waals surface area contributed by atoms with Crippen molar-refractivity contribution in [1.29, 1.82) is 5.26 Å². The monoisotopic (exact) mass is 558 g/mol. The second kappa shape index (κ2) is 10.0. The maximum absolute atomic E-state index is 13.0. The van der Waals surface area contributed by atoms with Gasteiger partial charge in [-0.3, -0.25) is 0 Å². The second-order valence-electron chi connectivity index (χ2n) is 8.63. The summed E-state index contributed by atoms with van der Waals surface area (Å²) in [5, 5.41) is 10.6. The van der Waals surface area contributed by atoms with Crippen molar-refractivity contribution in [2.75, 3.05) is 6.61 Å². The van der Waals surface area contributed by atoms with Crippen molar-refractivity contribution >= 4 is 32.9 Å². The molecule has 4 aromatic rings. The number of nitriles is 1. The fraction of sp³-hybridized carbons (Fsp3) is 0.172. The van der Waals surface area contributed by atoms with E-state index in [0.717, 1.165) is 33.2 Å². The first-order valence-corrected chi connectivity index (χ1v) is 12.5. The molecule has 8 heteroatoms. The quantitative estimate of drug-likeness (QED) is 0.206. The van der Waals surface area contributed by atoms with Crippen molar-refractivity contribution in [2.45, 2.75) is 26.2 Å². The van der Waals surface area contributed by atoms with E-state index in [1.807, 2.05) is 50.2 Å². The van der Waals surface area contributed by atoms with Crippen LogP contribution in [0.2, 0.25) is 0 Å². The number of carbonyl (C=O) groups is 1. The van der Waals surface area contributed by atoms with Crippen LogP contribution in [0.4, 0.5) is 0 Å². The summed E-state index contributed by atoms with van der Waals surface area (Å²) in [6, 6.07) is 20.3. The van der Waals surface area contributed by atoms with E-state index in [9.17, 15) is 10.1 Å². The van der Waals surface area contributed by atoms with Crippen molar-refractivity contribution in [3.63, 3.8) is 0 Å². The van der Waals surface area contributed by atoms with Crippen molar-refractivity contribution < 1.29 is 23.4 Å². The van der Waals surface area contributed by atoms with Crippen LogP contribution in [-0.4, -0.2) is 12.6 Å². The molecule has 0 bridgehead atoms. The summed E-state index contributed by atoms with van der Waals surface area (Å²) in [5.41, 5.74) is 9.32. The fourth-order valence-electron chi connectivity index (χ4n) is 4.36. The van der Waals surface area contributed by atoms with Gasteiger partial charge in [-0.15, -0.1) is 0 Å². The average molecular weight is 559 g/mol. The molecule has 3 aromatic carbocycles. The van der Waals surface area contributed by atoms with Gasteiger partial charge in [0.15, 0.2) is 0 Å². The zero-order chi connectivity index (χ0) is 26.1. The molecule has 0 fully saturated rings. The number of ether oxygens (including phenoxy) is 3. The Kier molecular flexibility index (Phi) is 6.64. The lowest BCUT2D eigenvalue weighted by Gasteiger charge is -2.26. The lowest BCUT2D eigenvalue weighted by atomic mass is 9.83. The Morgan fingerprint density at radius 3 is 2.59 bits per heavy atom. The van der Waals surface area contributed by atoms with Gasteiger partial charge in [0.2, 0.25) is 11.6 Å². The first kappa shape index (κ1) is 24.5. The first-order valence-electron chi connectivity index (χ1n) is 11.7. The van der Waals surface area contributed by atoms with E-state index in [-0.39, 0.29) is 17.4 Å². The standard InChI is InChI=1S/C29H23BrN2O5/c1-3-12-34-19-7-4-17(5-8-19)26-21-10-9-20(14-25(21)37-28(32)23(26)15-31)35-29(33)27-16(2)22-13-18(30)6-11-24(22)36-27/h4-11,13-14,26H,3,12,32H2,1-2H3. The molecule has 2 N–H and O–H groups in total. The minimum Gasteiger partial charge on any atom is -0.494 e. The lowest BCUT2D eigenvalue weighted by molar-refractivity contribution is 0.0702. The highest BCUT2D eigenvalue weighted by Crippen LogP contribution is 2.44. The van der Waals surface area contributed by atoms with Gasteiger partial charge in [0.25, 0.3) is 0 Å². The predicted molar refractivity (Wildman–Crippen MR) is 142 cm³/mol. The smallest absolute Gasteiger partial charge is 0.379 e. The minimum absolute atomic E-state index is 0.00786. The van der Waals surface area contributed by atoms with E-state index in [1.165, 1.54) is 0 Å². The Morgan fingerprint density at radius 2 is 1.86 bits per heavy atom. The third kappa shape index (κ3) is 4.66.